The SMILES string of the molecule is O=C1CCCC(N2Cc3c(cccc3C(F)(F)F)C2=O)C(=O)N1. The fourth-order valence-electron chi connectivity index (χ4n) is 3.04. The highest BCUT2D eigenvalue weighted by molar-refractivity contribution is 6.04. The first-order valence-corrected chi connectivity index (χ1v) is 7.13. The highest BCUT2D eigenvalue weighted by Crippen LogP contribution is 2.38. The number of rotatable bonds is 1. The summed E-state index contributed by atoms with van der Waals surface area (Å²) in [5.41, 5.74) is -1.02. The molecule has 0 aromatic heterocycles. The summed E-state index contributed by atoms with van der Waals surface area (Å²) in [6.07, 6.45) is -3.76. The van der Waals surface area contributed by atoms with Crippen molar-refractivity contribution in [3.8, 4) is 0 Å². The summed E-state index contributed by atoms with van der Waals surface area (Å²) in [6, 6.07) is 2.50. The third-order valence-corrected chi connectivity index (χ3v) is 4.12. The van der Waals surface area contributed by atoms with Gasteiger partial charge in [0, 0.05) is 18.5 Å². The third-order valence-electron chi connectivity index (χ3n) is 4.12. The lowest BCUT2D eigenvalue weighted by atomic mass is 10.0. The number of imide groups is 1. The van der Waals surface area contributed by atoms with Gasteiger partial charge in [-0.1, -0.05) is 6.07 Å². The Kier molecular flexibility index (Phi) is 3.62. The molecule has 1 atom stereocenters. The maximum Gasteiger partial charge on any atom is 0.416 e. The highest BCUT2D eigenvalue weighted by Gasteiger charge is 2.43. The zero-order chi connectivity index (χ0) is 16.8. The van der Waals surface area contributed by atoms with Crippen LogP contribution in [0.1, 0.15) is 40.7 Å². The van der Waals surface area contributed by atoms with Crippen LogP contribution in [0.25, 0.3) is 0 Å². The average molecular weight is 326 g/mol. The molecule has 122 valence electrons. The van der Waals surface area contributed by atoms with Crippen LogP contribution in [0.3, 0.4) is 0 Å². The quantitative estimate of drug-likeness (QED) is 0.801. The van der Waals surface area contributed by atoms with Gasteiger partial charge in [0.2, 0.25) is 11.8 Å². The monoisotopic (exact) mass is 326 g/mol. The zero-order valence-electron chi connectivity index (χ0n) is 11.9. The summed E-state index contributed by atoms with van der Waals surface area (Å²) < 4.78 is 39.2. The molecule has 1 aromatic rings. The van der Waals surface area contributed by atoms with E-state index in [1.165, 1.54) is 12.1 Å². The van der Waals surface area contributed by atoms with Crippen molar-refractivity contribution in [3.63, 3.8) is 0 Å². The van der Waals surface area contributed by atoms with Gasteiger partial charge in [0.15, 0.2) is 0 Å². The largest absolute Gasteiger partial charge is 0.416 e. The number of nitrogens with zero attached hydrogens (tertiary/aromatic N) is 1. The van der Waals surface area contributed by atoms with E-state index in [0.29, 0.717) is 6.42 Å². The molecule has 8 heteroatoms. The Hall–Kier alpha value is -2.38. The second-order valence-electron chi connectivity index (χ2n) is 5.58. The predicted molar refractivity (Wildman–Crippen MR) is 72.1 cm³/mol. The average Bonchev–Trinajstić information content (AvgIpc) is 2.69. The molecule has 5 nitrogen and oxygen atoms in total. The van der Waals surface area contributed by atoms with Crippen molar-refractivity contribution in [1.29, 1.82) is 0 Å². The summed E-state index contributed by atoms with van der Waals surface area (Å²) >= 11 is 0. The first kappa shape index (κ1) is 15.5. The summed E-state index contributed by atoms with van der Waals surface area (Å²) in [5, 5.41) is 2.17. The van der Waals surface area contributed by atoms with Gasteiger partial charge in [-0.05, 0) is 30.5 Å². The van der Waals surface area contributed by atoms with Crippen molar-refractivity contribution < 1.29 is 27.6 Å². The van der Waals surface area contributed by atoms with E-state index in [1.54, 1.807) is 0 Å². The maximum atomic E-state index is 13.1. The molecule has 2 aliphatic rings. The van der Waals surface area contributed by atoms with Gasteiger partial charge in [0.05, 0.1) is 5.56 Å². The molecule has 0 aliphatic carbocycles. The fraction of sp³-hybridized carbons (Fsp3) is 0.400. The number of hydrogen-bond donors (Lipinski definition) is 1. The molecule has 0 bridgehead atoms. The number of fused-ring (bicyclic) bond motifs is 1. The van der Waals surface area contributed by atoms with Crippen molar-refractivity contribution in [2.45, 2.75) is 38.0 Å². The Morgan fingerprint density at radius 1 is 1.17 bits per heavy atom. The number of nitrogens with one attached hydrogen (secondary N) is 1. The summed E-state index contributed by atoms with van der Waals surface area (Å²) in [4.78, 5) is 36.9. The van der Waals surface area contributed by atoms with Crippen molar-refractivity contribution in [2.24, 2.45) is 0 Å². The first-order chi connectivity index (χ1) is 10.8. The van der Waals surface area contributed by atoms with Crippen molar-refractivity contribution in [1.82, 2.24) is 10.2 Å². The first-order valence-electron chi connectivity index (χ1n) is 7.13. The van der Waals surface area contributed by atoms with E-state index in [-0.39, 0.29) is 30.5 Å². The van der Waals surface area contributed by atoms with Crippen molar-refractivity contribution >= 4 is 17.7 Å². The minimum atomic E-state index is -4.57. The van der Waals surface area contributed by atoms with Crippen LogP contribution in [0.15, 0.2) is 18.2 Å². The van der Waals surface area contributed by atoms with E-state index in [1.807, 2.05) is 0 Å². The van der Waals surface area contributed by atoms with Gasteiger partial charge in [-0.2, -0.15) is 13.2 Å². The van der Waals surface area contributed by atoms with E-state index < -0.39 is 35.5 Å². The third kappa shape index (κ3) is 2.69. The lowest BCUT2D eigenvalue weighted by Crippen LogP contribution is -2.47. The van der Waals surface area contributed by atoms with Gasteiger partial charge in [0.25, 0.3) is 5.91 Å². The topological polar surface area (TPSA) is 66.5 Å². The molecule has 23 heavy (non-hydrogen) atoms. The highest BCUT2D eigenvalue weighted by atomic mass is 19.4. The van der Waals surface area contributed by atoms with Crippen LogP contribution >= 0.6 is 0 Å². The van der Waals surface area contributed by atoms with Crippen molar-refractivity contribution in [2.75, 3.05) is 0 Å². The van der Waals surface area contributed by atoms with Crippen LogP contribution in [0, 0.1) is 0 Å². The predicted octanol–water partition coefficient (Wildman–Crippen LogP) is 1.86. The molecule has 3 amide bonds. The minimum Gasteiger partial charge on any atom is -0.322 e. The van der Waals surface area contributed by atoms with Gasteiger partial charge >= 0.3 is 6.18 Å². The number of benzene rings is 1. The molecule has 1 fully saturated rings. The van der Waals surface area contributed by atoms with E-state index in [4.69, 9.17) is 0 Å². The number of hydrogen-bond acceptors (Lipinski definition) is 3. The van der Waals surface area contributed by atoms with Crippen LogP contribution in [-0.2, 0) is 22.3 Å². The maximum absolute atomic E-state index is 13.1. The second-order valence-corrected chi connectivity index (χ2v) is 5.58. The van der Waals surface area contributed by atoms with Crippen molar-refractivity contribution in [3.05, 3.63) is 34.9 Å². The number of amides is 3. The molecular formula is C15H13F3N2O3. The normalized spacial score (nSPS) is 22.0. The number of carbonyl (C=O) groups is 3. The Morgan fingerprint density at radius 3 is 2.61 bits per heavy atom. The Bertz CT molecular complexity index is 700. The molecule has 0 radical (unpaired) electrons. The van der Waals surface area contributed by atoms with E-state index in [9.17, 15) is 27.6 Å². The number of carbonyl (C=O) groups excluding carboxylic acids is 3. The van der Waals surface area contributed by atoms with Gasteiger partial charge < -0.3 is 4.90 Å². The van der Waals surface area contributed by atoms with Crippen LogP contribution in [0.2, 0.25) is 0 Å². The van der Waals surface area contributed by atoms with Crippen LogP contribution in [0.5, 0.6) is 0 Å². The molecule has 0 spiro atoms. The molecule has 1 aromatic carbocycles. The fourth-order valence-corrected chi connectivity index (χ4v) is 3.04. The van der Waals surface area contributed by atoms with Gasteiger partial charge in [-0.25, -0.2) is 0 Å². The number of halogens is 3. The standard InChI is InChI=1S/C15H13F3N2O3/c16-15(17,18)10-4-1-3-8-9(10)7-20(14(8)23)11-5-2-6-12(21)19-13(11)22/h1,3-4,11H,2,5-7H2,(H,19,21,22). The molecular weight excluding hydrogens is 313 g/mol. The Morgan fingerprint density at radius 2 is 1.91 bits per heavy atom. The Balaban J connectivity index is 1.95. The molecule has 1 saturated heterocycles. The van der Waals surface area contributed by atoms with Crippen LogP contribution in [0.4, 0.5) is 13.2 Å². The molecule has 3 rings (SSSR count). The van der Waals surface area contributed by atoms with E-state index in [2.05, 4.69) is 5.32 Å². The van der Waals surface area contributed by atoms with Gasteiger partial charge in [-0.15, -0.1) is 0 Å². The van der Waals surface area contributed by atoms with Crippen LogP contribution < -0.4 is 5.32 Å². The van der Waals surface area contributed by atoms with Gasteiger partial charge in [-0.3, -0.25) is 19.7 Å². The lowest BCUT2D eigenvalue weighted by molar-refractivity contribution is -0.138. The molecule has 1 N–H and O–H groups in total. The lowest BCUT2D eigenvalue weighted by Gasteiger charge is -2.25. The van der Waals surface area contributed by atoms with E-state index in [0.717, 1.165) is 11.0 Å². The number of alkyl halides is 3. The molecule has 1 unspecified atom stereocenters. The molecule has 2 heterocycles. The van der Waals surface area contributed by atoms with Gasteiger partial charge in [0.1, 0.15) is 6.04 Å². The van der Waals surface area contributed by atoms with Crippen LogP contribution in [-0.4, -0.2) is 28.7 Å². The molecule has 2 aliphatic heterocycles. The van der Waals surface area contributed by atoms with E-state index >= 15 is 0 Å². The summed E-state index contributed by atoms with van der Waals surface area (Å²) in [5.74, 6) is -1.68. The smallest absolute Gasteiger partial charge is 0.322 e. The Labute approximate surface area is 129 Å². The second kappa shape index (κ2) is 5.36. The summed E-state index contributed by atoms with van der Waals surface area (Å²) in [6.45, 7) is -0.282. The molecule has 0 saturated carbocycles. The minimum absolute atomic E-state index is 0.0387. The summed E-state index contributed by atoms with van der Waals surface area (Å²) in [7, 11) is 0. The zero-order valence-corrected chi connectivity index (χ0v) is 11.9.